The number of carbonyl (C=O) groups excluding carboxylic acids is 2. The Kier molecular flexibility index (Phi) is 6.22. The predicted octanol–water partition coefficient (Wildman–Crippen LogP) is 1.86. The number of sulfonamides is 1. The zero-order valence-corrected chi connectivity index (χ0v) is 17.4. The second kappa shape index (κ2) is 8.70. The summed E-state index contributed by atoms with van der Waals surface area (Å²) in [5.41, 5.74) is 0.0341. The van der Waals surface area contributed by atoms with E-state index in [9.17, 15) is 28.1 Å². The molecule has 0 saturated carbocycles. The van der Waals surface area contributed by atoms with Crippen molar-refractivity contribution >= 4 is 50.7 Å². The number of nitro groups is 1. The molecule has 31 heavy (non-hydrogen) atoms. The van der Waals surface area contributed by atoms with Gasteiger partial charge in [0.2, 0.25) is 0 Å². The molecule has 162 valence electrons. The molecule has 2 aromatic carbocycles. The summed E-state index contributed by atoms with van der Waals surface area (Å²) in [4.78, 5) is 38.4. The van der Waals surface area contributed by atoms with Crippen LogP contribution in [0.25, 0.3) is 0 Å². The molecule has 1 amide bonds. The van der Waals surface area contributed by atoms with Crippen LogP contribution in [-0.4, -0.2) is 43.7 Å². The van der Waals surface area contributed by atoms with Crippen molar-refractivity contribution in [2.45, 2.75) is 17.9 Å². The fraction of sp³-hybridized carbons (Fsp3) is 0.167. The number of hydrogen-bond acceptors (Lipinski definition) is 8. The molecule has 0 bridgehead atoms. The van der Waals surface area contributed by atoms with Gasteiger partial charge in [-0.25, -0.2) is 13.2 Å². The molecule has 1 atom stereocenters. The largest absolute Gasteiger partial charge is 0.454 e. The lowest BCUT2D eigenvalue weighted by Crippen LogP contribution is -2.28. The van der Waals surface area contributed by atoms with E-state index in [0.717, 1.165) is 6.07 Å². The van der Waals surface area contributed by atoms with Crippen LogP contribution in [0.2, 0.25) is 5.02 Å². The number of halogens is 1. The topological polar surface area (TPSA) is 157 Å². The fourth-order valence-electron chi connectivity index (χ4n) is 2.66. The van der Waals surface area contributed by atoms with Crippen molar-refractivity contribution in [2.24, 2.45) is 4.99 Å². The first-order valence-corrected chi connectivity index (χ1v) is 10.5. The Bertz CT molecular complexity index is 1210. The minimum absolute atomic E-state index is 0.00187. The van der Waals surface area contributed by atoms with Crippen LogP contribution in [-0.2, 0) is 24.3 Å². The fourth-order valence-corrected chi connectivity index (χ4v) is 4.09. The highest BCUT2D eigenvalue weighted by atomic mass is 35.5. The van der Waals surface area contributed by atoms with E-state index in [4.69, 9.17) is 16.3 Å². The summed E-state index contributed by atoms with van der Waals surface area (Å²) in [6, 6.07) is 8.72. The molecule has 1 aliphatic heterocycles. The van der Waals surface area contributed by atoms with Crippen LogP contribution in [0.1, 0.15) is 12.5 Å². The average molecular weight is 467 g/mol. The van der Waals surface area contributed by atoms with E-state index < -0.39 is 39.5 Å². The second-order valence-electron chi connectivity index (χ2n) is 6.33. The molecule has 1 heterocycles. The van der Waals surface area contributed by atoms with Gasteiger partial charge in [-0.1, -0.05) is 23.7 Å². The van der Waals surface area contributed by atoms with Crippen molar-refractivity contribution in [3.8, 4) is 0 Å². The molecule has 0 fully saturated rings. The van der Waals surface area contributed by atoms with Gasteiger partial charge in [0.25, 0.3) is 21.6 Å². The number of hydrogen-bond donors (Lipinski definition) is 2. The summed E-state index contributed by atoms with van der Waals surface area (Å²) in [6.07, 6.45) is 0. The zero-order valence-electron chi connectivity index (χ0n) is 15.9. The van der Waals surface area contributed by atoms with Gasteiger partial charge >= 0.3 is 5.97 Å². The summed E-state index contributed by atoms with van der Waals surface area (Å²) >= 11 is 5.71. The molecule has 0 aromatic heterocycles. The van der Waals surface area contributed by atoms with Gasteiger partial charge in [0.1, 0.15) is 16.9 Å². The number of anilines is 1. The van der Waals surface area contributed by atoms with Crippen LogP contribution in [0.4, 0.5) is 11.4 Å². The van der Waals surface area contributed by atoms with E-state index in [1.54, 1.807) is 18.2 Å². The van der Waals surface area contributed by atoms with Gasteiger partial charge in [-0.15, -0.1) is 0 Å². The van der Waals surface area contributed by atoms with Crippen LogP contribution in [0.3, 0.4) is 0 Å². The first-order chi connectivity index (χ1) is 14.6. The third kappa shape index (κ3) is 4.98. The van der Waals surface area contributed by atoms with Crippen molar-refractivity contribution in [1.29, 1.82) is 0 Å². The Labute approximate surface area is 181 Å². The van der Waals surface area contributed by atoms with Crippen LogP contribution in [0.5, 0.6) is 0 Å². The van der Waals surface area contributed by atoms with Gasteiger partial charge in [-0.3, -0.25) is 24.6 Å². The molecule has 3 rings (SSSR count). The number of nitro benzene ring substituents is 1. The maximum atomic E-state index is 12.2. The van der Waals surface area contributed by atoms with Crippen molar-refractivity contribution < 1.29 is 27.7 Å². The molecule has 0 spiro atoms. The van der Waals surface area contributed by atoms with Gasteiger partial charge in [0, 0.05) is 17.3 Å². The minimum Gasteiger partial charge on any atom is -0.454 e. The first kappa shape index (κ1) is 22.2. The highest BCUT2D eigenvalue weighted by Crippen LogP contribution is 2.27. The highest BCUT2D eigenvalue weighted by Gasteiger charge is 2.31. The number of esters is 1. The van der Waals surface area contributed by atoms with E-state index in [2.05, 4.69) is 15.0 Å². The van der Waals surface area contributed by atoms with Crippen molar-refractivity contribution in [1.82, 2.24) is 4.72 Å². The Morgan fingerprint density at radius 1 is 1.29 bits per heavy atom. The van der Waals surface area contributed by atoms with Gasteiger partial charge < -0.3 is 10.1 Å². The Balaban J connectivity index is 1.61. The van der Waals surface area contributed by atoms with Gasteiger partial charge in [-0.2, -0.15) is 0 Å². The molecule has 0 radical (unpaired) electrons. The van der Waals surface area contributed by atoms with Gasteiger partial charge in [0.05, 0.1) is 9.82 Å². The molecule has 2 N–H and O–H groups in total. The number of aliphatic imine (C=N–C) groups is 1. The zero-order chi connectivity index (χ0) is 22.8. The minimum atomic E-state index is -3.75. The number of amides is 1. The summed E-state index contributed by atoms with van der Waals surface area (Å²) in [6.45, 7) is 0.706. The number of ether oxygens (including phenoxy) is 1. The molecule has 0 aliphatic carbocycles. The molecule has 2 aromatic rings. The SMILES string of the molecule is C[C@H](N=C1NS(=O)(=O)c2ccccc21)C(=O)OCC(=O)Nc1ccc(Cl)c([N+](=O)[O-])c1. The number of fused-ring (bicyclic) bond motifs is 1. The lowest BCUT2D eigenvalue weighted by Gasteiger charge is -2.10. The number of carbonyl (C=O) groups is 2. The Hall–Kier alpha value is -3.51. The average Bonchev–Trinajstić information content (AvgIpc) is 2.97. The van der Waals surface area contributed by atoms with E-state index in [0.29, 0.717) is 5.56 Å². The van der Waals surface area contributed by atoms with Crippen LogP contribution in [0, 0.1) is 10.1 Å². The number of nitrogens with one attached hydrogen (secondary N) is 2. The standard InChI is InChI=1S/C18H15ClN4O7S/c1-10(20-17-12-4-2-3-5-15(12)31(28,29)22-17)18(25)30-9-16(24)21-11-6-7-13(19)14(8-11)23(26)27/h2-8,10H,9H2,1H3,(H,20,22)(H,21,24)/t10-/m0/s1. The lowest BCUT2D eigenvalue weighted by atomic mass is 10.2. The van der Waals surface area contributed by atoms with Crippen molar-refractivity contribution in [3.05, 3.63) is 63.2 Å². The first-order valence-electron chi connectivity index (χ1n) is 8.69. The van der Waals surface area contributed by atoms with Crippen LogP contribution in [0.15, 0.2) is 52.4 Å². The highest BCUT2D eigenvalue weighted by molar-refractivity contribution is 7.90. The second-order valence-corrected chi connectivity index (χ2v) is 8.39. The Morgan fingerprint density at radius 3 is 2.71 bits per heavy atom. The van der Waals surface area contributed by atoms with Crippen molar-refractivity contribution in [2.75, 3.05) is 11.9 Å². The normalized spacial score (nSPS) is 16.1. The van der Waals surface area contributed by atoms with Crippen molar-refractivity contribution in [3.63, 3.8) is 0 Å². The van der Waals surface area contributed by atoms with E-state index in [1.165, 1.54) is 25.1 Å². The number of nitrogens with zero attached hydrogens (tertiary/aromatic N) is 2. The molecule has 11 nitrogen and oxygen atoms in total. The van der Waals surface area contributed by atoms with Gasteiger partial charge in [-0.05, 0) is 31.2 Å². The number of amidine groups is 1. The van der Waals surface area contributed by atoms with Crippen LogP contribution < -0.4 is 10.0 Å². The van der Waals surface area contributed by atoms with E-state index in [1.807, 2.05) is 0 Å². The molecular weight excluding hydrogens is 452 g/mol. The maximum absolute atomic E-state index is 12.2. The number of benzene rings is 2. The molecule has 1 aliphatic rings. The summed E-state index contributed by atoms with van der Waals surface area (Å²) in [5, 5.41) is 13.2. The van der Waals surface area contributed by atoms with E-state index in [-0.39, 0.29) is 27.1 Å². The quantitative estimate of drug-likeness (QED) is 0.373. The third-order valence-corrected chi connectivity index (χ3v) is 5.82. The molecule has 13 heteroatoms. The molecular formula is C18H15ClN4O7S. The summed E-state index contributed by atoms with van der Waals surface area (Å²) < 4.78 is 31.3. The van der Waals surface area contributed by atoms with Gasteiger partial charge in [0.15, 0.2) is 6.61 Å². The monoisotopic (exact) mass is 466 g/mol. The third-order valence-electron chi connectivity index (χ3n) is 4.10. The Morgan fingerprint density at radius 2 is 2.00 bits per heavy atom. The molecule has 0 saturated heterocycles. The number of rotatable bonds is 6. The maximum Gasteiger partial charge on any atom is 0.331 e. The smallest absolute Gasteiger partial charge is 0.331 e. The summed E-state index contributed by atoms with van der Waals surface area (Å²) in [5.74, 6) is -1.61. The molecule has 0 unspecified atom stereocenters. The van der Waals surface area contributed by atoms with Crippen LogP contribution >= 0.6 is 11.6 Å². The summed E-state index contributed by atoms with van der Waals surface area (Å²) in [7, 11) is -3.75. The predicted molar refractivity (Wildman–Crippen MR) is 110 cm³/mol. The lowest BCUT2D eigenvalue weighted by molar-refractivity contribution is -0.384. The van der Waals surface area contributed by atoms with E-state index >= 15 is 0 Å².